The Morgan fingerprint density at radius 3 is 2.68 bits per heavy atom. The normalized spacial score (nSPS) is 13.1. The number of halogens is 1. The molecule has 0 spiro atoms. The fraction of sp³-hybridized carbons (Fsp3) is 0.429. The van der Waals surface area contributed by atoms with Crippen molar-refractivity contribution in [2.75, 3.05) is 0 Å². The Morgan fingerprint density at radius 1 is 1.47 bits per heavy atom. The van der Waals surface area contributed by atoms with Crippen molar-refractivity contribution < 1.29 is 4.79 Å². The first-order valence-electron chi connectivity index (χ1n) is 6.29. The van der Waals surface area contributed by atoms with Crippen molar-refractivity contribution in [1.82, 2.24) is 9.55 Å². The second-order valence-corrected chi connectivity index (χ2v) is 5.33. The number of nitrogens with zero attached hydrogens (tertiary/aromatic N) is 2. The molecule has 0 fully saturated rings. The highest BCUT2D eigenvalue weighted by Gasteiger charge is 2.26. The van der Waals surface area contributed by atoms with Crippen molar-refractivity contribution in [3.05, 3.63) is 29.6 Å². The topological polar surface area (TPSA) is 60.9 Å². The first-order valence-corrected chi connectivity index (χ1v) is 6.82. The summed E-state index contributed by atoms with van der Waals surface area (Å²) in [6.07, 6.45) is 0. The molecule has 0 radical (unpaired) electrons. The molecule has 2 N–H and O–H groups in total. The van der Waals surface area contributed by atoms with Gasteiger partial charge in [-0.05, 0) is 24.5 Å². The molecule has 1 aromatic heterocycles. The first kappa shape index (κ1) is 13.9. The minimum Gasteiger partial charge on any atom is -0.368 e. The molecule has 19 heavy (non-hydrogen) atoms. The van der Waals surface area contributed by atoms with Crippen LogP contribution in [-0.2, 0) is 10.7 Å². The number of nitrogens with two attached hydrogens (primary N) is 1. The third kappa shape index (κ3) is 2.32. The van der Waals surface area contributed by atoms with Crippen molar-refractivity contribution in [2.24, 2.45) is 11.7 Å². The number of hydrogen-bond donors (Lipinski definition) is 1. The minimum absolute atomic E-state index is 0.0801. The zero-order valence-electron chi connectivity index (χ0n) is 11.4. The highest BCUT2D eigenvalue weighted by Crippen LogP contribution is 2.28. The number of benzene rings is 1. The number of alkyl halides is 1. The molecule has 0 aliphatic rings. The highest BCUT2D eigenvalue weighted by molar-refractivity contribution is 6.17. The molecular formula is C14H18ClN3O. The molecule has 1 unspecified atom stereocenters. The number of carbonyl (C=O) groups is 1. The van der Waals surface area contributed by atoms with Gasteiger partial charge in [-0.2, -0.15) is 0 Å². The number of rotatable bonds is 4. The van der Waals surface area contributed by atoms with Crippen LogP contribution in [-0.4, -0.2) is 15.5 Å². The second-order valence-electron chi connectivity index (χ2n) is 5.07. The van der Waals surface area contributed by atoms with E-state index in [1.165, 1.54) is 0 Å². The van der Waals surface area contributed by atoms with E-state index in [1.807, 2.05) is 43.5 Å². The van der Waals surface area contributed by atoms with Crippen molar-refractivity contribution in [3.8, 4) is 0 Å². The van der Waals surface area contributed by atoms with Crippen LogP contribution < -0.4 is 5.73 Å². The summed E-state index contributed by atoms with van der Waals surface area (Å²) in [5.41, 5.74) is 8.42. The molecule has 0 bridgehead atoms. The number of aromatic nitrogens is 2. The molecule has 0 saturated heterocycles. The number of aryl methyl sites for hydroxylation is 1. The predicted molar refractivity (Wildman–Crippen MR) is 77.1 cm³/mol. The molecule has 1 atom stereocenters. The maximum atomic E-state index is 11.8. The average molecular weight is 280 g/mol. The van der Waals surface area contributed by atoms with Crippen molar-refractivity contribution in [1.29, 1.82) is 0 Å². The molecule has 2 aromatic rings. The van der Waals surface area contributed by atoms with Crippen molar-refractivity contribution >= 4 is 28.5 Å². The fourth-order valence-electron chi connectivity index (χ4n) is 2.52. The lowest BCUT2D eigenvalue weighted by Crippen LogP contribution is -2.31. The summed E-state index contributed by atoms with van der Waals surface area (Å²) < 4.78 is 1.89. The van der Waals surface area contributed by atoms with E-state index in [0.717, 1.165) is 16.6 Å². The van der Waals surface area contributed by atoms with Gasteiger partial charge in [0.2, 0.25) is 5.91 Å². The van der Waals surface area contributed by atoms with Crippen LogP contribution in [0.2, 0.25) is 0 Å². The van der Waals surface area contributed by atoms with Crippen LogP contribution in [0, 0.1) is 12.8 Å². The molecule has 1 heterocycles. The maximum Gasteiger partial charge on any atom is 0.240 e. The van der Waals surface area contributed by atoms with Crippen molar-refractivity contribution in [2.45, 2.75) is 32.7 Å². The molecule has 2 rings (SSSR count). The Hall–Kier alpha value is -1.55. The molecule has 0 aliphatic carbocycles. The Labute approximate surface area is 117 Å². The standard InChI is InChI=1S/C14H18ClN3O/c1-8(2)12(14(16)19)18-11(7-15)17-10-6-4-5-9(3)13(10)18/h4-6,8,12H,7H2,1-3H3,(H2,16,19). The summed E-state index contributed by atoms with van der Waals surface area (Å²) in [6, 6.07) is 5.44. The number of para-hydroxylation sites is 1. The molecule has 5 heteroatoms. The third-order valence-electron chi connectivity index (χ3n) is 3.31. The number of amides is 1. The van der Waals surface area contributed by atoms with Gasteiger partial charge in [0.25, 0.3) is 0 Å². The van der Waals surface area contributed by atoms with Gasteiger partial charge in [0, 0.05) is 0 Å². The van der Waals surface area contributed by atoms with Crippen molar-refractivity contribution in [3.63, 3.8) is 0 Å². The molecule has 102 valence electrons. The van der Waals surface area contributed by atoms with E-state index in [9.17, 15) is 4.79 Å². The summed E-state index contributed by atoms with van der Waals surface area (Å²) in [7, 11) is 0. The number of carbonyl (C=O) groups excluding carboxylic acids is 1. The number of primary amides is 1. The van der Waals surface area contributed by atoms with Gasteiger partial charge in [0.1, 0.15) is 11.9 Å². The van der Waals surface area contributed by atoms with Crippen LogP contribution in [0.4, 0.5) is 0 Å². The fourth-order valence-corrected chi connectivity index (χ4v) is 2.71. The highest BCUT2D eigenvalue weighted by atomic mass is 35.5. The zero-order chi connectivity index (χ0) is 14.2. The van der Waals surface area contributed by atoms with Crippen LogP contribution in [0.1, 0.15) is 31.3 Å². The smallest absolute Gasteiger partial charge is 0.240 e. The largest absolute Gasteiger partial charge is 0.368 e. The molecular weight excluding hydrogens is 262 g/mol. The molecule has 1 aromatic carbocycles. The molecule has 0 saturated carbocycles. The SMILES string of the molecule is Cc1cccc2nc(CCl)n(C(C(N)=O)C(C)C)c12. The summed E-state index contributed by atoms with van der Waals surface area (Å²) in [5.74, 6) is 0.661. The van der Waals surface area contributed by atoms with Crippen LogP contribution in [0.15, 0.2) is 18.2 Å². The van der Waals surface area contributed by atoms with Crippen LogP contribution in [0.25, 0.3) is 11.0 Å². The van der Waals surface area contributed by atoms with Gasteiger partial charge in [-0.1, -0.05) is 26.0 Å². The number of fused-ring (bicyclic) bond motifs is 1. The Kier molecular flexibility index (Phi) is 3.80. The van der Waals surface area contributed by atoms with E-state index in [1.54, 1.807) is 0 Å². The van der Waals surface area contributed by atoms with E-state index >= 15 is 0 Å². The summed E-state index contributed by atoms with van der Waals surface area (Å²) in [6.45, 7) is 5.94. The van der Waals surface area contributed by atoms with E-state index in [0.29, 0.717) is 5.82 Å². The zero-order valence-corrected chi connectivity index (χ0v) is 12.1. The number of hydrogen-bond acceptors (Lipinski definition) is 2. The van der Waals surface area contributed by atoms with Gasteiger partial charge in [-0.25, -0.2) is 4.98 Å². The van der Waals surface area contributed by atoms with Gasteiger partial charge < -0.3 is 10.3 Å². The summed E-state index contributed by atoms with van der Waals surface area (Å²) in [5, 5.41) is 0. The van der Waals surface area contributed by atoms with E-state index < -0.39 is 6.04 Å². The summed E-state index contributed by atoms with van der Waals surface area (Å²) >= 11 is 5.97. The summed E-state index contributed by atoms with van der Waals surface area (Å²) in [4.78, 5) is 16.3. The predicted octanol–water partition coefficient (Wildman–Crippen LogP) is 2.77. The average Bonchev–Trinajstić information content (AvgIpc) is 2.68. The molecule has 0 aliphatic heterocycles. The van der Waals surface area contributed by atoms with Crippen LogP contribution >= 0.6 is 11.6 Å². The molecule has 1 amide bonds. The number of imidazole rings is 1. The quantitative estimate of drug-likeness (QED) is 0.875. The Bertz CT molecular complexity index is 618. The maximum absolute atomic E-state index is 11.8. The first-order chi connectivity index (χ1) is 8.97. The van der Waals surface area contributed by atoms with Gasteiger partial charge in [0.05, 0.1) is 16.9 Å². The van der Waals surface area contributed by atoms with E-state index in [4.69, 9.17) is 17.3 Å². The van der Waals surface area contributed by atoms with E-state index in [-0.39, 0.29) is 17.7 Å². The van der Waals surface area contributed by atoms with Gasteiger partial charge in [0.15, 0.2) is 0 Å². The van der Waals surface area contributed by atoms with Gasteiger partial charge in [-0.15, -0.1) is 11.6 Å². The monoisotopic (exact) mass is 279 g/mol. The third-order valence-corrected chi connectivity index (χ3v) is 3.54. The lowest BCUT2D eigenvalue weighted by molar-refractivity contribution is -0.122. The van der Waals surface area contributed by atoms with Gasteiger partial charge >= 0.3 is 0 Å². The van der Waals surface area contributed by atoms with Gasteiger partial charge in [-0.3, -0.25) is 4.79 Å². The lowest BCUT2D eigenvalue weighted by Gasteiger charge is -2.22. The van der Waals surface area contributed by atoms with Crippen LogP contribution in [0.5, 0.6) is 0 Å². The van der Waals surface area contributed by atoms with Crippen LogP contribution in [0.3, 0.4) is 0 Å². The minimum atomic E-state index is -0.431. The second kappa shape index (κ2) is 5.21. The Morgan fingerprint density at radius 2 is 2.16 bits per heavy atom. The Balaban J connectivity index is 2.79. The lowest BCUT2D eigenvalue weighted by atomic mass is 10.0. The molecule has 4 nitrogen and oxygen atoms in total. The van der Waals surface area contributed by atoms with E-state index in [2.05, 4.69) is 4.98 Å².